The minimum atomic E-state index is -1.28. The molecule has 1 aliphatic carbocycles. The second-order valence-corrected chi connectivity index (χ2v) is 16.5. The van der Waals surface area contributed by atoms with Crippen LogP contribution in [0.4, 0.5) is 0 Å². The zero-order valence-electron chi connectivity index (χ0n) is 36.8. The third-order valence-electron chi connectivity index (χ3n) is 11.0. The van der Waals surface area contributed by atoms with Gasteiger partial charge in [-0.2, -0.15) is 0 Å². The molecule has 18 nitrogen and oxygen atoms in total. The van der Waals surface area contributed by atoms with Crippen LogP contribution in [-0.4, -0.2) is 102 Å². The van der Waals surface area contributed by atoms with Gasteiger partial charge in [-0.05, 0) is 74.5 Å². The summed E-state index contributed by atoms with van der Waals surface area (Å²) in [5.74, 6) is -5.62. The first-order chi connectivity index (χ1) is 30.1. The number of carbonyl (C=O) groups excluding carboxylic acids is 6. The van der Waals surface area contributed by atoms with Gasteiger partial charge in [0.2, 0.25) is 35.4 Å². The standard InChI is InChI=1S/C45H68N10O8/c1-28(2)37(50-29(3)56)42(60)55-38(32-20-11-6-12-21-32)43(61)51-33(23-15-25-49-45(47)48)39(57)53-36(27-31-18-9-5-10-19-31)41(59)54-35(26-30-16-7-4-8-17-30)40(58)52-34(44(62)63)22-13-14-24-46/h4-5,7-10,16-19,28,32-38H,6,11-15,20-27,46H2,1-3H3,(H,50,56)(H,51,61)(H,52,58)(H,53,57)(H,54,59)(H,55,60)(H,62,63)(H4,47,48,49)/t33-,34-,35-,36-,37-,38?/m0/s1. The molecular formula is C45H68N10O8. The molecule has 0 spiro atoms. The van der Waals surface area contributed by atoms with Crippen LogP contribution in [0, 0.1) is 11.8 Å². The van der Waals surface area contributed by atoms with E-state index in [0.717, 1.165) is 19.3 Å². The molecule has 6 amide bonds. The minimum absolute atomic E-state index is 0.00983. The van der Waals surface area contributed by atoms with E-state index in [4.69, 9.17) is 17.2 Å². The van der Waals surface area contributed by atoms with E-state index in [2.05, 4.69) is 36.9 Å². The Labute approximate surface area is 370 Å². The second-order valence-electron chi connectivity index (χ2n) is 16.5. The van der Waals surface area contributed by atoms with Crippen LogP contribution in [0.15, 0.2) is 65.7 Å². The van der Waals surface area contributed by atoms with E-state index in [1.165, 1.54) is 6.92 Å². The summed E-state index contributed by atoms with van der Waals surface area (Å²) in [6, 6.07) is 10.9. The van der Waals surface area contributed by atoms with E-state index in [0.29, 0.717) is 43.4 Å². The Morgan fingerprint density at radius 3 is 1.60 bits per heavy atom. The predicted octanol–water partition coefficient (Wildman–Crippen LogP) is 0.904. The Morgan fingerprint density at radius 2 is 1.13 bits per heavy atom. The van der Waals surface area contributed by atoms with Crippen LogP contribution < -0.4 is 49.1 Å². The topological polar surface area (TPSA) is 302 Å². The minimum Gasteiger partial charge on any atom is -0.480 e. The fraction of sp³-hybridized carbons (Fsp3) is 0.556. The van der Waals surface area contributed by atoms with Gasteiger partial charge in [0.1, 0.15) is 36.3 Å². The third-order valence-corrected chi connectivity index (χ3v) is 11.0. The monoisotopic (exact) mass is 877 g/mol. The average molecular weight is 877 g/mol. The zero-order valence-corrected chi connectivity index (χ0v) is 36.8. The summed E-state index contributed by atoms with van der Waals surface area (Å²) in [4.78, 5) is 98.8. The number of unbranched alkanes of at least 4 members (excludes halogenated alkanes) is 1. The Balaban J connectivity index is 1.97. The number of amides is 6. The average Bonchev–Trinajstić information content (AvgIpc) is 3.25. The van der Waals surface area contributed by atoms with E-state index < -0.39 is 77.7 Å². The molecule has 0 radical (unpaired) electrons. The summed E-state index contributed by atoms with van der Waals surface area (Å²) < 4.78 is 0. The van der Waals surface area contributed by atoms with Gasteiger partial charge < -0.3 is 54.2 Å². The molecule has 0 bridgehead atoms. The van der Waals surface area contributed by atoms with Gasteiger partial charge >= 0.3 is 5.97 Å². The van der Waals surface area contributed by atoms with Crippen molar-refractivity contribution in [2.75, 3.05) is 13.1 Å². The number of benzene rings is 2. The van der Waals surface area contributed by atoms with Gasteiger partial charge in [-0.15, -0.1) is 0 Å². The summed E-state index contributed by atoms with van der Waals surface area (Å²) in [5.41, 5.74) is 18.1. The molecule has 63 heavy (non-hydrogen) atoms. The Morgan fingerprint density at radius 1 is 0.635 bits per heavy atom. The van der Waals surface area contributed by atoms with Crippen LogP contribution >= 0.6 is 0 Å². The van der Waals surface area contributed by atoms with Crippen LogP contribution in [0.3, 0.4) is 0 Å². The highest BCUT2D eigenvalue weighted by Gasteiger charge is 2.37. The SMILES string of the molecule is CC(=O)N[C@H](C(=O)NC(C(=O)N[C@@H](CCCN=C(N)N)C(=O)N[C@@H](Cc1ccccc1)C(=O)N[C@@H](Cc1ccccc1)C(=O)N[C@@H](CCCCN)C(=O)O)C1CCCCC1)C(C)C. The molecular weight excluding hydrogens is 809 g/mol. The molecule has 6 atom stereocenters. The maximum absolute atomic E-state index is 14.4. The van der Waals surface area contributed by atoms with Gasteiger partial charge in [-0.25, -0.2) is 4.79 Å². The van der Waals surface area contributed by atoms with Crippen molar-refractivity contribution < 1.29 is 38.7 Å². The number of carboxylic acids is 1. The lowest BCUT2D eigenvalue weighted by Gasteiger charge is -2.33. The molecule has 1 fully saturated rings. The van der Waals surface area contributed by atoms with Gasteiger partial charge in [0.05, 0.1) is 0 Å². The number of rotatable bonds is 26. The number of hydrogen-bond donors (Lipinski definition) is 10. The molecule has 18 heteroatoms. The molecule has 13 N–H and O–H groups in total. The smallest absolute Gasteiger partial charge is 0.326 e. The molecule has 346 valence electrons. The first-order valence-electron chi connectivity index (χ1n) is 21.9. The Hall–Kier alpha value is -6.04. The highest BCUT2D eigenvalue weighted by molar-refractivity contribution is 5.97. The predicted molar refractivity (Wildman–Crippen MR) is 239 cm³/mol. The van der Waals surface area contributed by atoms with Crippen LogP contribution in [0.2, 0.25) is 0 Å². The highest BCUT2D eigenvalue weighted by atomic mass is 16.4. The van der Waals surface area contributed by atoms with Crippen molar-refractivity contribution in [2.45, 2.75) is 134 Å². The van der Waals surface area contributed by atoms with Gasteiger partial charge in [-0.3, -0.25) is 33.8 Å². The maximum Gasteiger partial charge on any atom is 0.326 e. The third kappa shape index (κ3) is 18.5. The lowest BCUT2D eigenvalue weighted by molar-refractivity contribution is -0.142. The lowest BCUT2D eigenvalue weighted by atomic mass is 9.83. The van der Waals surface area contributed by atoms with Gasteiger partial charge in [0, 0.05) is 26.3 Å². The molecule has 1 saturated carbocycles. The summed E-state index contributed by atoms with van der Waals surface area (Å²) in [7, 11) is 0. The second kappa shape index (κ2) is 27.1. The number of aliphatic carboxylic acids is 1. The van der Waals surface area contributed by atoms with Crippen molar-refractivity contribution in [1.82, 2.24) is 31.9 Å². The molecule has 0 heterocycles. The summed E-state index contributed by atoms with van der Waals surface area (Å²) in [6.45, 7) is 5.36. The van der Waals surface area contributed by atoms with Crippen molar-refractivity contribution in [2.24, 2.45) is 34.0 Å². The Bertz CT molecular complexity index is 1820. The fourth-order valence-electron chi connectivity index (χ4n) is 7.58. The van der Waals surface area contributed by atoms with E-state index in [-0.39, 0.29) is 56.4 Å². The van der Waals surface area contributed by atoms with Crippen LogP contribution in [0.25, 0.3) is 0 Å². The number of nitrogens with two attached hydrogens (primary N) is 3. The van der Waals surface area contributed by atoms with E-state index in [9.17, 15) is 38.7 Å². The first-order valence-corrected chi connectivity index (χ1v) is 21.9. The highest BCUT2D eigenvalue weighted by Crippen LogP contribution is 2.27. The summed E-state index contributed by atoms with van der Waals surface area (Å²) in [5, 5.41) is 26.5. The van der Waals surface area contributed by atoms with Crippen LogP contribution in [-0.2, 0) is 46.4 Å². The number of aliphatic imine (C=N–C) groups is 1. The largest absolute Gasteiger partial charge is 0.480 e. The van der Waals surface area contributed by atoms with Gasteiger partial charge in [0.15, 0.2) is 5.96 Å². The number of nitrogens with zero attached hydrogens (tertiary/aromatic N) is 1. The van der Waals surface area contributed by atoms with Crippen molar-refractivity contribution in [3.63, 3.8) is 0 Å². The number of carbonyl (C=O) groups is 7. The van der Waals surface area contributed by atoms with Crippen molar-refractivity contribution in [1.29, 1.82) is 0 Å². The quantitative estimate of drug-likeness (QED) is 0.0360. The molecule has 1 aliphatic rings. The van der Waals surface area contributed by atoms with Crippen LogP contribution in [0.5, 0.6) is 0 Å². The van der Waals surface area contributed by atoms with Crippen molar-refractivity contribution in [3.05, 3.63) is 71.8 Å². The number of carboxylic acid groups (broad SMARTS) is 1. The molecule has 2 aromatic carbocycles. The fourth-order valence-corrected chi connectivity index (χ4v) is 7.58. The van der Waals surface area contributed by atoms with Gasteiger partial charge in [-0.1, -0.05) is 93.8 Å². The van der Waals surface area contributed by atoms with Crippen LogP contribution in [0.1, 0.15) is 96.1 Å². The van der Waals surface area contributed by atoms with Crippen molar-refractivity contribution in [3.8, 4) is 0 Å². The summed E-state index contributed by atoms with van der Waals surface area (Å²) >= 11 is 0. The lowest BCUT2D eigenvalue weighted by Crippen LogP contribution is -2.61. The van der Waals surface area contributed by atoms with E-state index in [1.807, 2.05) is 0 Å². The van der Waals surface area contributed by atoms with Crippen molar-refractivity contribution >= 4 is 47.4 Å². The molecule has 1 unspecified atom stereocenters. The molecule has 0 aromatic heterocycles. The summed E-state index contributed by atoms with van der Waals surface area (Å²) in [6.07, 6.45) is 5.42. The molecule has 3 rings (SSSR count). The molecule has 2 aromatic rings. The Kier molecular flexibility index (Phi) is 22.1. The number of nitrogens with one attached hydrogen (secondary N) is 6. The zero-order chi connectivity index (χ0) is 46.3. The normalized spacial score (nSPS) is 15.6. The van der Waals surface area contributed by atoms with E-state index in [1.54, 1.807) is 74.5 Å². The van der Waals surface area contributed by atoms with Gasteiger partial charge in [0.25, 0.3) is 0 Å². The molecule has 0 saturated heterocycles. The van der Waals surface area contributed by atoms with E-state index >= 15 is 0 Å². The first kappa shape index (κ1) is 51.3. The maximum atomic E-state index is 14.4. The number of hydrogen-bond acceptors (Lipinski definition) is 9. The number of guanidine groups is 1. The molecule has 0 aliphatic heterocycles.